The van der Waals surface area contributed by atoms with Crippen LogP contribution in [0.15, 0.2) is 184 Å². The highest BCUT2D eigenvalue weighted by atomic mass is 32.2. The van der Waals surface area contributed by atoms with Gasteiger partial charge in [-0.25, -0.2) is 0 Å². The van der Waals surface area contributed by atoms with E-state index in [1.807, 2.05) is 6.92 Å². The number of phenolic OH excluding ortho intramolecular Hbond substituents is 3. The van der Waals surface area contributed by atoms with Crippen LogP contribution in [-0.2, 0) is 60.7 Å². The molecule has 0 aromatic heterocycles. The monoisotopic (exact) mass is 1480 g/mol. The Hall–Kier alpha value is -10.6. The molecule has 0 spiro atoms. The van der Waals surface area contributed by atoms with Gasteiger partial charge in [0.1, 0.15) is 76.6 Å². The number of hydrogen-bond donors (Lipinski definition) is 10. The lowest BCUT2D eigenvalue weighted by Crippen LogP contribution is -2.03. The molecule has 37 nitrogen and oxygen atoms in total. The number of nitrogen functional groups attached to an aromatic ring is 1. The number of ether oxygens (including phenoxy) is 2. The first-order chi connectivity index (χ1) is 46.1. The van der Waals surface area contributed by atoms with Crippen molar-refractivity contribution in [1.29, 1.82) is 0 Å². The van der Waals surface area contributed by atoms with Crippen molar-refractivity contribution in [3.63, 3.8) is 0 Å². The van der Waals surface area contributed by atoms with Crippen LogP contribution < -0.4 is 15.2 Å². The molecule has 0 bridgehead atoms. The largest absolute Gasteiger partial charge is 0.507 e. The Kier molecular flexibility index (Phi) is 20.1. The number of phenols is 3. The van der Waals surface area contributed by atoms with Gasteiger partial charge in [-0.3, -0.25) is 37.4 Å². The van der Waals surface area contributed by atoms with Crippen LogP contribution in [0.5, 0.6) is 28.7 Å². The molecule has 0 aliphatic heterocycles. The zero-order chi connectivity index (χ0) is 72.8. The summed E-state index contributed by atoms with van der Waals surface area (Å²) in [5.41, 5.74) is 1.44. The molecule has 0 unspecified atom stereocenters. The summed E-state index contributed by atoms with van der Waals surface area (Å²) >= 11 is 0. The number of rotatable bonds is 23. The second-order valence-electron chi connectivity index (χ2n) is 20.9. The van der Waals surface area contributed by atoms with Crippen LogP contribution in [0.1, 0.15) is 37.8 Å². The van der Waals surface area contributed by atoms with Crippen molar-refractivity contribution in [1.82, 2.24) is 0 Å². The zero-order valence-electron chi connectivity index (χ0n) is 50.6. The minimum atomic E-state index is -5.64. The Labute approximate surface area is 558 Å². The molecule has 99 heavy (non-hydrogen) atoms. The Morgan fingerprint density at radius 3 is 1.41 bits per heavy atom. The van der Waals surface area contributed by atoms with Gasteiger partial charge >= 0.3 is 0 Å². The first-order valence-electron chi connectivity index (χ1n) is 27.6. The van der Waals surface area contributed by atoms with Crippen molar-refractivity contribution < 1.29 is 108 Å². The second-order valence-corrected chi connectivity index (χ2v) is 29.3. The predicted molar refractivity (Wildman–Crippen MR) is 348 cm³/mol. The smallest absolute Gasteiger partial charge is 0.297 e. The van der Waals surface area contributed by atoms with Gasteiger partial charge in [-0.2, -0.15) is 60.7 Å². The molecule has 518 valence electrons. The van der Waals surface area contributed by atoms with Crippen molar-refractivity contribution in [3.8, 4) is 28.7 Å². The molecular weight excluding hydrogens is 1430 g/mol. The fourth-order valence-corrected chi connectivity index (χ4v) is 13.3. The zero-order valence-corrected chi connectivity index (χ0v) is 55.5. The van der Waals surface area contributed by atoms with E-state index < -0.39 is 174 Å². The number of anilines is 1. The Balaban J connectivity index is 1.08. The summed E-state index contributed by atoms with van der Waals surface area (Å²) in [4.78, 5) is 4.03. The summed E-state index contributed by atoms with van der Waals surface area (Å²) in [6.45, 7) is 6.86. The first kappa shape index (κ1) is 72.7. The summed E-state index contributed by atoms with van der Waals surface area (Å²) in [6, 6.07) is 15.6. The molecule has 0 saturated carbocycles. The first-order valence-corrected chi connectivity index (χ1v) is 36.2. The van der Waals surface area contributed by atoms with Gasteiger partial charge in [0, 0.05) is 46.5 Å². The lowest BCUT2D eigenvalue weighted by molar-refractivity contribution is -0.385. The molecule has 0 aliphatic rings. The van der Waals surface area contributed by atoms with Crippen LogP contribution in [0.25, 0.3) is 32.3 Å². The van der Waals surface area contributed by atoms with Gasteiger partial charge in [-0.1, -0.05) is 19.9 Å². The third-order valence-electron chi connectivity index (χ3n) is 14.0. The van der Waals surface area contributed by atoms with Gasteiger partial charge in [-0.15, -0.1) is 40.9 Å². The number of aromatic hydroxyl groups is 3. The predicted octanol–water partition coefficient (Wildman–Crippen LogP) is 13.5. The lowest BCUT2D eigenvalue weighted by Gasteiger charge is -2.14. The van der Waals surface area contributed by atoms with E-state index in [1.165, 1.54) is 24.3 Å². The number of nitro benzene ring substituents is 1. The van der Waals surface area contributed by atoms with E-state index in [9.17, 15) is 103 Å². The molecule has 9 rings (SSSR count). The van der Waals surface area contributed by atoms with Crippen molar-refractivity contribution >= 4 is 161 Å². The maximum atomic E-state index is 13.3. The highest BCUT2D eigenvalue weighted by Gasteiger charge is 2.30. The molecule has 0 aliphatic carbocycles. The summed E-state index contributed by atoms with van der Waals surface area (Å²) in [7, 11) is -31.6. The third-order valence-corrected chi connectivity index (χ3v) is 19.2. The van der Waals surface area contributed by atoms with Crippen LogP contribution in [0.4, 0.5) is 68.2 Å². The van der Waals surface area contributed by atoms with Gasteiger partial charge < -0.3 is 30.5 Å². The van der Waals surface area contributed by atoms with Crippen molar-refractivity contribution in [2.45, 2.75) is 69.9 Å². The van der Waals surface area contributed by atoms with E-state index in [2.05, 4.69) is 51.1 Å². The molecule has 43 heteroatoms. The number of nitrogens with zero attached hydrogens (tertiary/aromatic N) is 11. The maximum absolute atomic E-state index is 13.3. The van der Waals surface area contributed by atoms with Crippen LogP contribution >= 0.6 is 0 Å². The van der Waals surface area contributed by atoms with Crippen molar-refractivity contribution in [2.75, 3.05) is 18.9 Å². The topological polar surface area (TPSA) is 598 Å². The summed E-state index contributed by atoms with van der Waals surface area (Å²) in [5, 5.41) is 82.3. The summed E-state index contributed by atoms with van der Waals surface area (Å²) < 4.78 is 224. The molecule has 9 aromatic carbocycles. The number of hydrogen-bond acceptors (Lipinski definition) is 30. The van der Waals surface area contributed by atoms with Gasteiger partial charge in [0.2, 0.25) is 0 Å². The second kappa shape index (κ2) is 27.4. The molecular formula is C56H48N12O25S6. The van der Waals surface area contributed by atoms with Crippen LogP contribution in [0.3, 0.4) is 0 Å². The summed E-state index contributed by atoms with van der Waals surface area (Å²) in [6.07, 6.45) is 0.912. The van der Waals surface area contributed by atoms with E-state index in [4.69, 9.17) is 15.2 Å². The molecule has 0 radical (unpaired) electrons. The number of azo groups is 5. The molecule has 0 heterocycles. The number of non-ortho nitro benzene ring substituents is 1. The maximum Gasteiger partial charge on any atom is 0.297 e. The van der Waals surface area contributed by atoms with Crippen molar-refractivity contribution in [2.24, 2.45) is 51.1 Å². The minimum Gasteiger partial charge on any atom is -0.507 e. The van der Waals surface area contributed by atoms with Gasteiger partial charge in [0.05, 0.1) is 61.5 Å². The van der Waals surface area contributed by atoms with Gasteiger partial charge in [0.25, 0.3) is 66.4 Å². The number of nitrogens with two attached hydrogens (primary N) is 1. The molecule has 0 amide bonds. The molecule has 9 aromatic rings. The number of fused-ring (bicyclic) bond motifs is 3. The van der Waals surface area contributed by atoms with Crippen LogP contribution in [-0.4, -0.2) is 111 Å². The highest BCUT2D eigenvalue weighted by Crippen LogP contribution is 2.50. The number of aryl methyl sites for hydroxylation is 2. The molecule has 11 N–H and O–H groups in total. The third kappa shape index (κ3) is 15.7. The molecule has 0 atom stereocenters. The number of benzene rings is 9. The normalized spacial score (nSPS) is 13.0. The van der Waals surface area contributed by atoms with Crippen LogP contribution in [0.2, 0.25) is 0 Å². The van der Waals surface area contributed by atoms with E-state index in [1.54, 1.807) is 20.8 Å². The fraction of sp³-hybridized carbons (Fsp3) is 0.143. The number of nitro groups is 1. The molecule has 0 saturated heterocycles. The highest BCUT2D eigenvalue weighted by molar-refractivity contribution is 7.87. The molecule has 0 fully saturated rings. The van der Waals surface area contributed by atoms with Crippen molar-refractivity contribution in [3.05, 3.63) is 124 Å². The Morgan fingerprint density at radius 2 is 0.889 bits per heavy atom. The van der Waals surface area contributed by atoms with Gasteiger partial charge in [0.15, 0.2) is 11.5 Å². The quantitative estimate of drug-likeness (QED) is 0.00934. The Bertz CT molecular complexity index is 5830. The van der Waals surface area contributed by atoms with E-state index >= 15 is 0 Å². The average Bonchev–Trinajstić information content (AvgIpc) is 0.750. The van der Waals surface area contributed by atoms with E-state index in [0.717, 1.165) is 54.6 Å². The van der Waals surface area contributed by atoms with Crippen LogP contribution in [0, 0.1) is 24.0 Å². The fourth-order valence-electron chi connectivity index (χ4n) is 9.45. The summed E-state index contributed by atoms with van der Waals surface area (Å²) in [5.74, 6) is -2.92. The average molecular weight is 1480 g/mol. The minimum absolute atomic E-state index is 0.0346. The van der Waals surface area contributed by atoms with E-state index in [-0.39, 0.29) is 63.9 Å². The SMILES string of the molecule is CCCOc1cc(N=Nc2cc(S(=O)(=O)O)cc3cc(S(=O)(=O)O)cc(O)c23)c(C)cc1N=Nc1cc(OCCC)c(N=Nc2c(S(=O)(=O)O)cc3c(S(=O)(=O)O)c(N=Nc4cc(S(=O)(=O)O)c5ccc(N=Nc6ccc([N+](=O)[O-])cc6S(=O)(=O)O)c(O)c5c4N)ccc3c2O)cc1C. The standard InChI is InChI=1S/C56H48N12O25S6/c1-5-13-92-45-24-39(62-65-42-20-30(94(74,75)76)17-28-18-31(95(77,78)79)21-44(69)50(28)42)26(3)15-40(45)63-61-38-23-46(93-14-6-2)41(16-27(38)4)64-67-53-49(98(86,87)88)22-34-32(54(53)70)8-12-37(56(34)99(89,90)91)60-66-43-25-47(96(80,81)82)33-9-11-36(55(71)51(33)52(43)57)59-58-35-10-7-29(68(72)73)19-48(35)97(83,84)85/h7-12,15-25,69-71H,5-6,13-14,57H2,1-4H3,(H,74,75,76)(H,77,78,79)(H,80,81,82)(H,83,84,85)(H,86,87,88)(H,89,90,91). The Morgan fingerprint density at radius 1 is 0.424 bits per heavy atom. The lowest BCUT2D eigenvalue weighted by atomic mass is 10.1. The van der Waals surface area contributed by atoms with Gasteiger partial charge in [-0.05, 0) is 110 Å². The van der Waals surface area contributed by atoms with E-state index in [0.29, 0.717) is 48.2 Å².